The van der Waals surface area contributed by atoms with Crippen LogP contribution in [0, 0.1) is 35.5 Å². The topological polar surface area (TPSA) is 0 Å². The maximum atomic E-state index is 2.45. The lowest BCUT2D eigenvalue weighted by molar-refractivity contribution is 0.122. The van der Waals surface area contributed by atoms with E-state index in [2.05, 4.69) is 27.7 Å². The summed E-state index contributed by atoms with van der Waals surface area (Å²) in [6.45, 7) is 13.6. The van der Waals surface area contributed by atoms with E-state index >= 15 is 0 Å². The van der Waals surface area contributed by atoms with Crippen LogP contribution in [0.25, 0.3) is 0 Å². The van der Waals surface area contributed by atoms with Crippen LogP contribution < -0.4 is 0 Å². The molecule has 0 aromatic heterocycles. The molecule has 0 spiro atoms. The highest BCUT2D eigenvalue weighted by Crippen LogP contribution is 2.44. The summed E-state index contributed by atoms with van der Waals surface area (Å²) in [5.41, 5.74) is 0. The highest BCUT2D eigenvalue weighted by atomic mass is 14.4. The fourth-order valence-electron chi connectivity index (χ4n) is 5.17. The van der Waals surface area contributed by atoms with E-state index in [1.54, 1.807) is 38.5 Å². The molecule has 1 atom stereocenters. The Kier molecular flexibility index (Phi) is 10.6. The van der Waals surface area contributed by atoms with Crippen molar-refractivity contribution in [1.82, 2.24) is 0 Å². The summed E-state index contributed by atoms with van der Waals surface area (Å²) in [7, 11) is 0. The Bertz CT molecular complexity index is 264. The van der Waals surface area contributed by atoms with Crippen LogP contribution in [0.15, 0.2) is 0 Å². The van der Waals surface area contributed by atoms with Gasteiger partial charge in [0.15, 0.2) is 0 Å². The molecule has 23 heavy (non-hydrogen) atoms. The van der Waals surface area contributed by atoms with Gasteiger partial charge >= 0.3 is 0 Å². The van der Waals surface area contributed by atoms with E-state index in [1.807, 2.05) is 13.8 Å². The summed E-state index contributed by atoms with van der Waals surface area (Å²) in [5, 5.41) is 0. The van der Waals surface area contributed by atoms with E-state index in [0.29, 0.717) is 0 Å². The first-order valence-electron chi connectivity index (χ1n) is 11.1. The maximum absolute atomic E-state index is 2.45. The Hall–Kier alpha value is 0. The molecule has 0 aromatic carbocycles. The average molecular weight is 323 g/mol. The van der Waals surface area contributed by atoms with Gasteiger partial charge in [0.25, 0.3) is 0 Å². The van der Waals surface area contributed by atoms with Crippen molar-refractivity contribution in [3.8, 4) is 0 Å². The SMILES string of the molecule is CC.CCC(CCC(C)C)C1CCC(C2CCC(C)CC2)CC1. The van der Waals surface area contributed by atoms with Crippen LogP contribution in [0.1, 0.15) is 112 Å². The normalized spacial score (nSPS) is 33.0. The molecular weight excluding hydrogens is 276 g/mol. The van der Waals surface area contributed by atoms with Crippen LogP contribution >= 0.6 is 0 Å². The molecule has 2 aliphatic rings. The summed E-state index contributed by atoms with van der Waals surface area (Å²) >= 11 is 0. The fourth-order valence-corrected chi connectivity index (χ4v) is 5.17. The monoisotopic (exact) mass is 322 g/mol. The van der Waals surface area contributed by atoms with Gasteiger partial charge in [-0.2, -0.15) is 0 Å². The Morgan fingerprint density at radius 3 is 1.65 bits per heavy atom. The summed E-state index contributed by atoms with van der Waals surface area (Å²) in [5.74, 6) is 6.18. The van der Waals surface area contributed by atoms with Gasteiger partial charge in [0.2, 0.25) is 0 Å². The Labute approximate surface area is 148 Å². The van der Waals surface area contributed by atoms with Gasteiger partial charge in [-0.1, -0.05) is 67.2 Å². The van der Waals surface area contributed by atoms with E-state index in [4.69, 9.17) is 0 Å². The van der Waals surface area contributed by atoms with E-state index in [-0.39, 0.29) is 0 Å². The van der Waals surface area contributed by atoms with Crippen LogP contribution in [-0.2, 0) is 0 Å². The fraction of sp³-hybridized carbons (Fsp3) is 1.00. The molecule has 1 unspecified atom stereocenters. The first-order valence-corrected chi connectivity index (χ1v) is 11.1. The summed E-state index contributed by atoms with van der Waals surface area (Å²) in [6.07, 6.45) is 16.7. The molecule has 0 N–H and O–H groups in total. The molecule has 2 saturated carbocycles. The molecule has 0 heteroatoms. The number of hydrogen-bond donors (Lipinski definition) is 0. The van der Waals surface area contributed by atoms with Crippen molar-refractivity contribution in [3.05, 3.63) is 0 Å². The van der Waals surface area contributed by atoms with Crippen LogP contribution in [0.3, 0.4) is 0 Å². The predicted octanol–water partition coefficient (Wildman–Crippen LogP) is 8.11. The van der Waals surface area contributed by atoms with E-state index in [1.165, 1.54) is 32.1 Å². The molecule has 0 amide bonds. The zero-order valence-electron chi connectivity index (χ0n) is 17.2. The highest BCUT2D eigenvalue weighted by Gasteiger charge is 2.32. The molecule has 0 bridgehead atoms. The molecule has 0 heterocycles. The molecule has 0 radical (unpaired) electrons. The van der Waals surface area contributed by atoms with Gasteiger partial charge < -0.3 is 0 Å². The van der Waals surface area contributed by atoms with Gasteiger partial charge in [-0.3, -0.25) is 0 Å². The predicted molar refractivity (Wildman–Crippen MR) is 106 cm³/mol. The summed E-state index contributed by atoms with van der Waals surface area (Å²) < 4.78 is 0. The molecule has 2 aliphatic carbocycles. The number of hydrogen-bond acceptors (Lipinski definition) is 0. The standard InChI is InChI=1S/C21H40.C2H6/c1-5-18(9-6-16(2)3)19-12-14-21(15-13-19)20-10-7-17(4)8-11-20;1-2/h16-21H,5-15H2,1-4H3;1-2H3. The molecule has 0 saturated heterocycles. The molecule has 138 valence electrons. The number of rotatable bonds is 6. The van der Waals surface area contributed by atoms with Gasteiger partial charge in [0, 0.05) is 0 Å². The van der Waals surface area contributed by atoms with Crippen molar-refractivity contribution in [2.24, 2.45) is 35.5 Å². The highest BCUT2D eigenvalue weighted by molar-refractivity contribution is 4.83. The van der Waals surface area contributed by atoms with E-state index in [0.717, 1.165) is 35.5 Å². The Morgan fingerprint density at radius 2 is 1.22 bits per heavy atom. The van der Waals surface area contributed by atoms with Gasteiger partial charge in [0.1, 0.15) is 0 Å². The molecule has 0 nitrogen and oxygen atoms in total. The lowest BCUT2D eigenvalue weighted by Gasteiger charge is -2.39. The van der Waals surface area contributed by atoms with Gasteiger partial charge in [-0.25, -0.2) is 0 Å². The van der Waals surface area contributed by atoms with Crippen molar-refractivity contribution in [2.45, 2.75) is 112 Å². The molecule has 2 rings (SSSR count). The van der Waals surface area contributed by atoms with Crippen molar-refractivity contribution in [1.29, 1.82) is 0 Å². The van der Waals surface area contributed by atoms with Crippen LogP contribution in [-0.4, -0.2) is 0 Å². The average Bonchev–Trinajstić information content (AvgIpc) is 2.58. The lowest BCUT2D eigenvalue weighted by atomic mass is 9.66. The van der Waals surface area contributed by atoms with Crippen molar-refractivity contribution < 1.29 is 0 Å². The van der Waals surface area contributed by atoms with E-state index < -0.39 is 0 Å². The first kappa shape index (κ1) is 21.0. The van der Waals surface area contributed by atoms with Gasteiger partial charge in [-0.05, 0) is 80.5 Å². The first-order chi connectivity index (χ1) is 11.1. The van der Waals surface area contributed by atoms with Gasteiger partial charge in [-0.15, -0.1) is 0 Å². The third-order valence-corrected chi connectivity index (χ3v) is 6.85. The molecule has 0 aliphatic heterocycles. The minimum Gasteiger partial charge on any atom is -0.0683 e. The van der Waals surface area contributed by atoms with Crippen molar-refractivity contribution >= 4 is 0 Å². The molecule has 2 fully saturated rings. The maximum Gasteiger partial charge on any atom is -0.0386 e. The smallest absolute Gasteiger partial charge is 0.0386 e. The quantitative estimate of drug-likeness (QED) is 0.463. The third-order valence-electron chi connectivity index (χ3n) is 6.85. The second-order valence-electron chi connectivity index (χ2n) is 8.83. The second-order valence-corrected chi connectivity index (χ2v) is 8.83. The van der Waals surface area contributed by atoms with E-state index in [9.17, 15) is 0 Å². The van der Waals surface area contributed by atoms with Crippen LogP contribution in [0.4, 0.5) is 0 Å². The minimum atomic E-state index is 0.889. The lowest BCUT2D eigenvalue weighted by Crippen LogP contribution is -2.28. The summed E-state index contributed by atoms with van der Waals surface area (Å²) in [6, 6.07) is 0. The minimum absolute atomic E-state index is 0.889. The Balaban J connectivity index is 0.00000127. The zero-order chi connectivity index (χ0) is 17.2. The van der Waals surface area contributed by atoms with Crippen LogP contribution in [0.5, 0.6) is 0 Å². The Morgan fingerprint density at radius 1 is 0.739 bits per heavy atom. The third kappa shape index (κ3) is 7.18. The van der Waals surface area contributed by atoms with Gasteiger partial charge in [0.05, 0.1) is 0 Å². The zero-order valence-corrected chi connectivity index (χ0v) is 17.2. The summed E-state index contributed by atoms with van der Waals surface area (Å²) in [4.78, 5) is 0. The second kappa shape index (κ2) is 11.5. The molecule has 0 aromatic rings. The van der Waals surface area contributed by atoms with Crippen LogP contribution in [0.2, 0.25) is 0 Å². The molecular formula is C23H46. The van der Waals surface area contributed by atoms with Crippen molar-refractivity contribution in [3.63, 3.8) is 0 Å². The largest absolute Gasteiger partial charge is 0.0683 e. The van der Waals surface area contributed by atoms with Crippen molar-refractivity contribution in [2.75, 3.05) is 0 Å².